The highest BCUT2D eigenvalue weighted by Crippen LogP contribution is 2.40. The second-order valence-corrected chi connectivity index (χ2v) is 7.94. The molecule has 0 aromatic rings. The van der Waals surface area contributed by atoms with Gasteiger partial charge in [-0.15, -0.1) is 0 Å². The second kappa shape index (κ2) is 10.1. The molecule has 3 unspecified atom stereocenters. The molecule has 0 rings (SSSR count). The van der Waals surface area contributed by atoms with Gasteiger partial charge in [0.05, 0.1) is 21.5 Å². The molecular weight excluding hydrogens is 316 g/mol. The van der Waals surface area contributed by atoms with E-state index < -0.39 is 27.0 Å². The summed E-state index contributed by atoms with van der Waals surface area (Å²) in [5, 5.41) is 26.3. The highest BCUT2D eigenvalue weighted by atomic mass is 33.1. The number of aliphatic carboxylic acids is 2. The van der Waals surface area contributed by atoms with Crippen LogP contribution >= 0.6 is 46.8 Å². The van der Waals surface area contributed by atoms with Crippen LogP contribution in [0.15, 0.2) is 0 Å². The van der Waals surface area contributed by atoms with Crippen LogP contribution in [0.25, 0.3) is 0 Å². The summed E-state index contributed by atoms with van der Waals surface area (Å²) in [6, 6.07) is 0. The molecule has 0 amide bonds. The van der Waals surface area contributed by atoms with Gasteiger partial charge in [-0.2, -0.15) is 25.3 Å². The van der Waals surface area contributed by atoms with Crippen molar-refractivity contribution in [2.75, 3.05) is 6.61 Å². The fourth-order valence-electron chi connectivity index (χ4n) is 1.07. The summed E-state index contributed by atoms with van der Waals surface area (Å²) in [5.74, 6) is -2.59. The van der Waals surface area contributed by atoms with Crippen LogP contribution in [0.2, 0.25) is 0 Å². The van der Waals surface area contributed by atoms with Gasteiger partial charge in [0, 0.05) is 6.61 Å². The minimum atomic E-state index is -0.967. The first kappa shape index (κ1) is 18.3. The third-order valence-electron chi connectivity index (χ3n) is 1.95. The number of hydrogen-bond acceptors (Lipinski definition) is 7. The lowest BCUT2D eigenvalue weighted by Gasteiger charge is -2.19. The zero-order valence-electron chi connectivity index (χ0n) is 9.43. The van der Waals surface area contributed by atoms with Crippen LogP contribution in [-0.2, 0) is 9.59 Å². The van der Waals surface area contributed by atoms with E-state index in [1.54, 1.807) is 0 Å². The van der Waals surface area contributed by atoms with Crippen molar-refractivity contribution in [1.29, 1.82) is 0 Å². The molecule has 0 aromatic carbocycles. The lowest BCUT2D eigenvalue weighted by molar-refractivity contribution is -0.141. The Hall–Kier alpha value is 0.300. The van der Waals surface area contributed by atoms with Gasteiger partial charge in [0.25, 0.3) is 0 Å². The first-order valence-corrected chi connectivity index (χ1v) is 8.43. The summed E-state index contributed by atoms with van der Waals surface area (Å²) in [6.45, 7) is -0.0592. The zero-order chi connectivity index (χ0) is 14.1. The zero-order valence-corrected chi connectivity index (χ0v) is 12.9. The second-order valence-electron chi connectivity index (χ2n) is 3.45. The molecule has 0 saturated heterocycles. The van der Waals surface area contributed by atoms with Crippen LogP contribution in [0.4, 0.5) is 0 Å². The Morgan fingerprint density at radius 1 is 1.17 bits per heavy atom. The summed E-state index contributed by atoms with van der Waals surface area (Å²) in [4.78, 5) is 21.4. The SMILES string of the molecule is O=C(O)CC(S)SSC(S)C(CCCO)C(=O)O. The summed E-state index contributed by atoms with van der Waals surface area (Å²) in [6.07, 6.45) is 0.637. The molecule has 106 valence electrons. The van der Waals surface area contributed by atoms with Gasteiger partial charge in [-0.1, -0.05) is 21.6 Å². The maximum atomic E-state index is 11.0. The normalized spacial score (nSPS) is 15.9. The maximum absolute atomic E-state index is 11.0. The van der Waals surface area contributed by atoms with Crippen LogP contribution in [0, 0.1) is 5.92 Å². The number of carboxylic acids is 2. The van der Waals surface area contributed by atoms with Gasteiger partial charge < -0.3 is 15.3 Å². The topological polar surface area (TPSA) is 94.8 Å². The predicted molar refractivity (Wildman–Crippen MR) is 80.4 cm³/mol. The quantitative estimate of drug-likeness (QED) is 0.237. The van der Waals surface area contributed by atoms with E-state index in [4.69, 9.17) is 15.3 Å². The van der Waals surface area contributed by atoms with Gasteiger partial charge in [0.2, 0.25) is 0 Å². The molecular formula is C9H16O5S4. The summed E-state index contributed by atoms with van der Waals surface area (Å²) in [5.41, 5.74) is 0. The number of rotatable bonds is 10. The molecule has 0 spiro atoms. The van der Waals surface area contributed by atoms with Gasteiger partial charge in [-0.05, 0) is 12.8 Å². The highest BCUT2D eigenvalue weighted by Gasteiger charge is 2.26. The molecule has 0 radical (unpaired) electrons. The molecule has 0 bridgehead atoms. The molecule has 0 fully saturated rings. The van der Waals surface area contributed by atoms with Crippen molar-refractivity contribution in [3.63, 3.8) is 0 Å². The Morgan fingerprint density at radius 3 is 2.22 bits per heavy atom. The van der Waals surface area contributed by atoms with Crippen molar-refractivity contribution in [1.82, 2.24) is 0 Å². The number of thiol groups is 2. The van der Waals surface area contributed by atoms with E-state index in [2.05, 4.69) is 25.3 Å². The Bertz CT molecular complexity index is 276. The van der Waals surface area contributed by atoms with Crippen molar-refractivity contribution in [3.05, 3.63) is 0 Å². The number of carbonyl (C=O) groups is 2. The monoisotopic (exact) mass is 332 g/mol. The molecule has 0 saturated carbocycles. The van der Waals surface area contributed by atoms with Gasteiger partial charge in [0.15, 0.2) is 0 Å². The largest absolute Gasteiger partial charge is 0.481 e. The van der Waals surface area contributed by atoms with E-state index in [0.29, 0.717) is 12.8 Å². The molecule has 5 nitrogen and oxygen atoms in total. The Morgan fingerprint density at radius 2 is 1.78 bits per heavy atom. The summed E-state index contributed by atoms with van der Waals surface area (Å²) in [7, 11) is 2.38. The molecule has 3 N–H and O–H groups in total. The number of aliphatic hydroxyl groups is 1. The fraction of sp³-hybridized carbons (Fsp3) is 0.778. The third kappa shape index (κ3) is 8.41. The van der Waals surface area contributed by atoms with E-state index in [0.717, 1.165) is 0 Å². The van der Waals surface area contributed by atoms with E-state index in [9.17, 15) is 9.59 Å². The van der Waals surface area contributed by atoms with Gasteiger partial charge in [-0.3, -0.25) is 9.59 Å². The molecule has 3 atom stereocenters. The molecule has 0 aromatic heterocycles. The molecule has 0 aliphatic heterocycles. The average molecular weight is 332 g/mol. The molecule has 0 aliphatic rings. The van der Waals surface area contributed by atoms with Crippen LogP contribution in [0.1, 0.15) is 19.3 Å². The first-order chi connectivity index (χ1) is 8.38. The van der Waals surface area contributed by atoms with Crippen molar-refractivity contribution in [2.45, 2.75) is 28.4 Å². The number of hydrogen-bond donors (Lipinski definition) is 5. The molecule has 0 aliphatic carbocycles. The van der Waals surface area contributed by atoms with E-state index in [-0.39, 0.29) is 13.0 Å². The smallest absolute Gasteiger partial charge is 0.308 e. The summed E-state index contributed by atoms with van der Waals surface area (Å²) < 4.78 is -0.878. The first-order valence-electron chi connectivity index (χ1n) is 5.12. The summed E-state index contributed by atoms with van der Waals surface area (Å²) >= 11 is 8.28. The van der Waals surface area contributed by atoms with Crippen molar-refractivity contribution in [3.8, 4) is 0 Å². The Kier molecular flexibility index (Phi) is 10.3. The average Bonchev–Trinajstić information content (AvgIpc) is 2.25. The minimum Gasteiger partial charge on any atom is -0.481 e. The van der Waals surface area contributed by atoms with Crippen molar-refractivity contribution < 1.29 is 24.9 Å². The standard InChI is InChI=1S/C9H16O5S4/c10-3-1-2-5(8(13)14)9(16)18-17-7(15)4-6(11)12/h5,7,9-10,15-16H,1-4H2,(H,11,12)(H,13,14). The van der Waals surface area contributed by atoms with E-state index >= 15 is 0 Å². The molecule has 9 heteroatoms. The van der Waals surface area contributed by atoms with Crippen molar-refractivity contribution in [2.24, 2.45) is 5.92 Å². The predicted octanol–water partition coefficient (Wildman–Crippen LogP) is 1.83. The van der Waals surface area contributed by atoms with E-state index in [1.165, 1.54) is 21.6 Å². The maximum Gasteiger partial charge on any atom is 0.308 e. The highest BCUT2D eigenvalue weighted by molar-refractivity contribution is 8.79. The minimum absolute atomic E-state index is 0.0592. The van der Waals surface area contributed by atoms with Crippen LogP contribution < -0.4 is 0 Å². The van der Waals surface area contributed by atoms with Crippen molar-refractivity contribution >= 4 is 58.8 Å². The van der Waals surface area contributed by atoms with Crippen LogP contribution in [0.5, 0.6) is 0 Å². The van der Waals surface area contributed by atoms with E-state index in [1.807, 2.05) is 0 Å². The number of aliphatic hydroxyl groups excluding tert-OH is 1. The number of carboxylic acid groups (broad SMARTS) is 2. The van der Waals surface area contributed by atoms with Gasteiger partial charge >= 0.3 is 11.9 Å². The molecule has 0 heterocycles. The van der Waals surface area contributed by atoms with Crippen LogP contribution in [0.3, 0.4) is 0 Å². The lowest BCUT2D eigenvalue weighted by atomic mass is 10.1. The molecule has 18 heavy (non-hydrogen) atoms. The fourth-order valence-corrected chi connectivity index (χ4v) is 4.57. The van der Waals surface area contributed by atoms with Gasteiger partial charge in [0.1, 0.15) is 0 Å². The van der Waals surface area contributed by atoms with Gasteiger partial charge in [-0.25, -0.2) is 0 Å². The third-order valence-corrected chi connectivity index (χ3v) is 6.66. The van der Waals surface area contributed by atoms with Crippen LogP contribution in [-0.4, -0.2) is 43.0 Å². The Balaban J connectivity index is 4.12. The Labute approximate surface area is 124 Å². The lowest BCUT2D eigenvalue weighted by Crippen LogP contribution is -2.22.